The Bertz CT molecular complexity index is 1380. The molecule has 1 saturated heterocycles. The van der Waals surface area contributed by atoms with Gasteiger partial charge in [0.25, 0.3) is 11.8 Å². The van der Waals surface area contributed by atoms with Gasteiger partial charge in [-0.1, -0.05) is 11.2 Å². The molecule has 4 N–H and O–H groups in total. The maximum absolute atomic E-state index is 13.6. The number of oxime groups is 1. The molecule has 39 heavy (non-hydrogen) atoms. The van der Waals surface area contributed by atoms with Gasteiger partial charge in [0.1, 0.15) is 41.0 Å². The highest BCUT2D eigenvalue weighted by Gasteiger charge is 2.55. The van der Waals surface area contributed by atoms with Crippen LogP contribution in [0.3, 0.4) is 0 Å². The van der Waals surface area contributed by atoms with Crippen molar-refractivity contribution in [1.29, 1.82) is 0 Å². The van der Waals surface area contributed by atoms with E-state index >= 15 is 0 Å². The Kier molecular flexibility index (Phi) is 8.35. The van der Waals surface area contributed by atoms with E-state index in [2.05, 4.69) is 15.5 Å². The average Bonchev–Trinajstić information content (AvgIpc) is 3.30. The summed E-state index contributed by atoms with van der Waals surface area (Å²) < 4.78 is 29.3. The molecule has 2 aliphatic rings. The Morgan fingerprint density at radius 3 is 2.77 bits per heavy atom. The smallest absolute Gasteiger partial charge is 0.358 e. The summed E-state index contributed by atoms with van der Waals surface area (Å²) in [7, 11) is 0. The standard InChI is InChI=1S/C23H22FN5O8S2/c1-10(30)36-11(2)37-22(33)18-12(7-35-14-5-3-4-13(24)6-14)8-38-21-17(20(32)29(18)21)27-19(31)16(28-34)15-9-39-23(25)26-15/h3-6,9,11,17,21,34H,7-8H2,1-2H3,(H2,25,26)(H,27,31)/b28-16-/t11?,17?,21-/m1/s1. The van der Waals surface area contributed by atoms with E-state index in [9.17, 15) is 28.8 Å². The highest BCUT2D eigenvalue weighted by molar-refractivity contribution is 8.00. The quantitative estimate of drug-likeness (QED) is 0.0970. The second-order valence-corrected chi connectivity index (χ2v) is 10.2. The van der Waals surface area contributed by atoms with E-state index in [1.54, 1.807) is 0 Å². The summed E-state index contributed by atoms with van der Waals surface area (Å²) in [4.78, 5) is 55.3. The molecule has 0 radical (unpaired) electrons. The molecule has 0 saturated carbocycles. The van der Waals surface area contributed by atoms with Crippen LogP contribution in [-0.2, 0) is 28.7 Å². The van der Waals surface area contributed by atoms with Gasteiger partial charge in [-0.2, -0.15) is 0 Å². The molecule has 206 valence electrons. The molecule has 16 heteroatoms. The number of carbonyl (C=O) groups is 4. The predicted molar refractivity (Wildman–Crippen MR) is 136 cm³/mol. The molecular weight excluding hydrogens is 557 g/mol. The number of rotatable bonds is 9. The van der Waals surface area contributed by atoms with Crippen LogP contribution in [0.2, 0.25) is 0 Å². The molecule has 2 aliphatic heterocycles. The topological polar surface area (TPSA) is 183 Å². The van der Waals surface area contributed by atoms with Crippen molar-refractivity contribution in [1.82, 2.24) is 15.2 Å². The van der Waals surface area contributed by atoms with E-state index in [-0.39, 0.29) is 34.6 Å². The molecule has 2 amide bonds. The number of amides is 2. The zero-order valence-corrected chi connectivity index (χ0v) is 22.1. The summed E-state index contributed by atoms with van der Waals surface area (Å²) in [5.74, 6) is -3.29. The van der Waals surface area contributed by atoms with E-state index in [1.165, 1.54) is 42.3 Å². The fourth-order valence-corrected chi connectivity index (χ4v) is 5.67. The first-order chi connectivity index (χ1) is 18.6. The van der Waals surface area contributed by atoms with Crippen LogP contribution in [0.5, 0.6) is 5.75 Å². The lowest BCUT2D eigenvalue weighted by Crippen LogP contribution is -2.71. The normalized spacial score (nSPS) is 19.5. The summed E-state index contributed by atoms with van der Waals surface area (Å²) in [5, 5.41) is 15.7. The van der Waals surface area contributed by atoms with E-state index in [0.29, 0.717) is 5.57 Å². The molecule has 0 spiro atoms. The Morgan fingerprint density at radius 2 is 2.13 bits per heavy atom. The van der Waals surface area contributed by atoms with Crippen molar-refractivity contribution in [3.63, 3.8) is 0 Å². The van der Waals surface area contributed by atoms with Gasteiger partial charge in [0.15, 0.2) is 10.8 Å². The van der Waals surface area contributed by atoms with Gasteiger partial charge in [-0.3, -0.25) is 19.3 Å². The minimum absolute atomic E-state index is 0.0258. The van der Waals surface area contributed by atoms with Crippen molar-refractivity contribution in [2.75, 3.05) is 18.1 Å². The molecule has 1 fully saturated rings. The zero-order valence-electron chi connectivity index (χ0n) is 20.5. The number of anilines is 1. The number of thiazole rings is 1. The van der Waals surface area contributed by atoms with E-state index in [4.69, 9.17) is 19.9 Å². The number of halogens is 1. The summed E-state index contributed by atoms with van der Waals surface area (Å²) in [6, 6.07) is 4.32. The number of aromatic nitrogens is 1. The van der Waals surface area contributed by atoms with Crippen molar-refractivity contribution >= 4 is 57.7 Å². The monoisotopic (exact) mass is 579 g/mol. The molecule has 3 heterocycles. The molecule has 4 rings (SSSR count). The van der Waals surface area contributed by atoms with Crippen LogP contribution in [0, 0.1) is 5.82 Å². The number of carbonyl (C=O) groups excluding carboxylic acids is 4. The maximum Gasteiger partial charge on any atom is 0.358 e. The summed E-state index contributed by atoms with van der Waals surface area (Å²) >= 11 is 2.27. The maximum atomic E-state index is 13.6. The third-order valence-electron chi connectivity index (χ3n) is 5.42. The van der Waals surface area contributed by atoms with Gasteiger partial charge >= 0.3 is 11.9 Å². The first-order valence-electron chi connectivity index (χ1n) is 11.3. The van der Waals surface area contributed by atoms with Crippen LogP contribution >= 0.6 is 23.1 Å². The third-order valence-corrected chi connectivity index (χ3v) is 7.43. The van der Waals surface area contributed by atoms with Crippen LogP contribution in [0.25, 0.3) is 0 Å². The Balaban J connectivity index is 1.54. The third kappa shape index (κ3) is 6.12. The molecule has 13 nitrogen and oxygen atoms in total. The van der Waals surface area contributed by atoms with Gasteiger partial charge < -0.3 is 30.5 Å². The lowest BCUT2D eigenvalue weighted by atomic mass is 10.0. The number of nitrogens with one attached hydrogen (secondary N) is 1. The Hall–Kier alpha value is -4.18. The Labute approximate surface area is 228 Å². The summed E-state index contributed by atoms with van der Waals surface area (Å²) in [6.07, 6.45) is -1.25. The molecular formula is C23H22FN5O8S2. The molecule has 0 aliphatic carbocycles. The van der Waals surface area contributed by atoms with Crippen molar-refractivity contribution in [2.24, 2.45) is 5.16 Å². The zero-order chi connectivity index (χ0) is 28.3. The molecule has 1 aromatic carbocycles. The number of ether oxygens (including phenoxy) is 3. The van der Waals surface area contributed by atoms with Crippen LogP contribution in [0.1, 0.15) is 19.5 Å². The van der Waals surface area contributed by atoms with Crippen LogP contribution < -0.4 is 15.8 Å². The second kappa shape index (κ2) is 11.7. The highest BCUT2D eigenvalue weighted by Crippen LogP contribution is 2.41. The number of β-lactam (4-membered cyclic amide) rings is 1. The number of hydrogen-bond donors (Lipinski definition) is 3. The number of hydrogen-bond acceptors (Lipinski definition) is 13. The number of esters is 2. The molecule has 3 atom stereocenters. The van der Waals surface area contributed by atoms with E-state index < -0.39 is 53.0 Å². The van der Waals surface area contributed by atoms with Crippen molar-refractivity contribution in [2.45, 2.75) is 31.6 Å². The summed E-state index contributed by atoms with van der Waals surface area (Å²) in [6.45, 7) is 2.30. The first kappa shape index (κ1) is 27.8. The van der Waals surface area contributed by atoms with Gasteiger partial charge in [0.05, 0.1) is 0 Å². The number of nitrogen functional groups attached to an aromatic ring is 1. The second-order valence-electron chi connectivity index (χ2n) is 8.16. The van der Waals surface area contributed by atoms with Crippen LogP contribution in [0.4, 0.5) is 9.52 Å². The van der Waals surface area contributed by atoms with Crippen molar-refractivity contribution in [3.05, 3.63) is 52.4 Å². The van der Waals surface area contributed by atoms with E-state index in [0.717, 1.165) is 29.2 Å². The number of nitrogens with zero attached hydrogens (tertiary/aromatic N) is 3. The lowest BCUT2D eigenvalue weighted by Gasteiger charge is -2.49. The molecule has 2 aromatic rings. The lowest BCUT2D eigenvalue weighted by molar-refractivity contribution is -0.182. The fraction of sp³-hybridized carbons (Fsp3) is 0.304. The molecule has 2 unspecified atom stereocenters. The van der Waals surface area contributed by atoms with Gasteiger partial charge in [0.2, 0.25) is 6.29 Å². The molecule has 1 aromatic heterocycles. The number of fused-ring (bicyclic) bond motifs is 1. The SMILES string of the molecule is CC(=O)OC(C)OC(=O)C1=C(COc2cccc(F)c2)CS[C@@H]2C(NC(=O)/C(=N\O)c3csc(N)n3)C(=O)N12. The molecule has 0 bridgehead atoms. The van der Waals surface area contributed by atoms with Gasteiger partial charge in [-0.25, -0.2) is 14.2 Å². The first-order valence-corrected chi connectivity index (χ1v) is 13.2. The highest BCUT2D eigenvalue weighted by atomic mass is 32.2. The van der Waals surface area contributed by atoms with Crippen molar-refractivity contribution < 1.29 is 43.0 Å². The average molecular weight is 580 g/mol. The predicted octanol–water partition coefficient (Wildman–Crippen LogP) is 1.23. The van der Waals surface area contributed by atoms with Gasteiger partial charge in [0, 0.05) is 36.6 Å². The minimum atomic E-state index is -1.25. The Morgan fingerprint density at radius 1 is 1.36 bits per heavy atom. The van der Waals surface area contributed by atoms with Crippen LogP contribution in [0.15, 0.2) is 46.1 Å². The number of thioether (sulfide) groups is 1. The van der Waals surface area contributed by atoms with Crippen LogP contribution in [-0.4, -0.2) is 74.6 Å². The van der Waals surface area contributed by atoms with E-state index in [1.807, 2.05) is 0 Å². The summed E-state index contributed by atoms with van der Waals surface area (Å²) in [5.41, 5.74) is 5.37. The van der Waals surface area contributed by atoms with Gasteiger partial charge in [-0.05, 0) is 12.1 Å². The minimum Gasteiger partial charge on any atom is -0.489 e. The largest absolute Gasteiger partial charge is 0.489 e. The number of benzene rings is 1. The van der Waals surface area contributed by atoms with Gasteiger partial charge in [-0.15, -0.1) is 23.1 Å². The fourth-order valence-electron chi connectivity index (χ4n) is 3.79. The van der Waals surface area contributed by atoms with Crippen molar-refractivity contribution in [3.8, 4) is 5.75 Å². The number of nitrogens with two attached hydrogens (primary N) is 1.